The summed E-state index contributed by atoms with van der Waals surface area (Å²) >= 11 is 0. The van der Waals surface area contributed by atoms with Crippen LogP contribution in [0.1, 0.15) is 63.6 Å². The highest BCUT2D eigenvalue weighted by atomic mass is 16.3. The smallest absolute Gasteiger partial charge is 0.0448 e. The van der Waals surface area contributed by atoms with Crippen LogP contribution in [0.15, 0.2) is 60.7 Å². The molecule has 2 aromatic carbocycles. The van der Waals surface area contributed by atoms with E-state index in [1.807, 2.05) is 0 Å². The van der Waals surface area contributed by atoms with Gasteiger partial charge in [0, 0.05) is 24.7 Å². The van der Waals surface area contributed by atoms with Gasteiger partial charge >= 0.3 is 0 Å². The van der Waals surface area contributed by atoms with Crippen LogP contribution in [0.3, 0.4) is 0 Å². The first-order chi connectivity index (χ1) is 12.1. The molecule has 0 aliphatic heterocycles. The van der Waals surface area contributed by atoms with Crippen LogP contribution in [-0.2, 0) is 6.54 Å². The Hall–Kier alpha value is -1.64. The number of unbranched alkanes of at least 4 members (excludes halogenated alkanes) is 1. The first-order valence-corrected chi connectivity index (χ1v) is 9.57. The molecule has 2 heteroatoms. The minimum Gasteiger partial charge on any atom is -0.396 e. The summed E-state index contributed by atoms with van der Waals surface area (Å²) in [5, 5.41) is 9.74. The van der Waals surface area contributed by atoms with Gasteiger partial charge in [-0.3, -0.25) is 4.90 Å². The molecule has 0 heterocycles. The van der Waals surface area contributed by atoms with Crippen molar-refractivity contribution in [3.8, 4) is 0 Å². The van der Waals surface area contributed by atoms with Gasteiger partial charge in [0.1, 0.15) is 0 Å². The molecule has 136 valence electrons. The second-order valence-electron chi connectivity index (χ2n) is 7.27. The van der Waals surface area contributed by atoms with Crippen LogP contribution in [0.5, 0.6) is 0 Å². The molecule has 0 spiro atoms. The molecule has 0 unspecified atom stereocenters. The van der Waals surface area contributed by atoms with Crippen LogP contribution in [0.4, 0.5) is 0 Å². The maximum absolute atomic E-state index is 9.74. The number of aliphatic hydroxyl groups is 1. The van der Waals surface area contributed by atoms with Gasteiger partial charge in [0.25, 0.3) is 0 Å². The van der Waals surface area contributed by atoms with Gasteiger partial charge < -0.3 is 5.11 Å². The number of rotatable bonds is 10. The summed E-state index contributed by atoms with van der Waals surface area (Å²) in [6, 6.07) is 21.7. The minimum absolute atomic E-state index is 0.0180. The highest BCUT2D eigenvalue weighted by Crippen LogP contribution is 2.35. The highest BCUT2D eigenvalue weighted by Gasteiger charge is 2.34. The van der Waals surface area contributed by atoms with Crippen LogP contribution in [-0.4, -0.2) is 22.2 Å². The van der Waals surface area contributed by atoms with E-state index in [-0.39, 0.29) is 12.1 Å². The van der Waals surface area contributed by atoms with E-state index in [0.29, 0.717) is 6.04 Å². The summed E-state index contributed by atoms with van der Waals surface area (Å²) in [4.78, 5) is 2.59. The van der Waals surface area contributed by atoms with Crippen LogP contribution in [0, 0.1) is 0 Å². The second kappa shape index (κ2) is 9.74. The maximum atomic E-state index is 9.74. The molecule has 0 bridgehead atoms. The molecular formula is C23H33NO. The Morgan fingerprint density at radius 3 is 2.12 bits per heavy atom. The van der Waals surface area contributed by atoms with Gasteiger partial charge in [0.05, 0.1) is 0 Å². The molecule has 0 saturated carbocycles. The Kier molecular flexibility index (Phi) is 7.67. The molecule has 0 aromatic heterocycles. The molecule has 1 N–H and O–H groups in total. The second-order valence-corrected chi connectivity index (χ2v) is 7.27. The number of benzene rings is 2. The zero-order valence-corrected chi connectivity index (χ0v) is 16.0. The van der Waals surface area contributed by atoms with Crippen molar-refractivity contribution < 1.29 is 5.11 Å². The normalized spacial score (nSPS) is 15.1. The third kappa shape index (κ3) is 5.42. The Morgan fingerprint density at radius 2 is 1.56 bits per heavy atom. The van der Waals surface area contributed by atoms with Crippen molar-refractivity contribution in [2.75, 3.05) is 6.61 Å². The molecule has 2 nitrogen and oxygen atoms in total. The van der Waals surface area contributed by atoms with Crippen molar-refractivity contribution in [3.05, 3.63) is 71.8 Å². The molecule has 2 atom stereocenters. The summed E-state index contributed by atoms with van der Waals surface area (Å²) in [5.41, 5.74) is 2.64. The lowest BCUT2D eigenvalue weighted by Crippen LogP contribution is -2.47. The third-order valence-corrected chi connectivity index (χ3v) is 5.36. The Bertz CT molecular complexity index is 598. The van der Waals surface area contributed by atoms with Crippen LogP contribution < -0.4 is 0 Å². The molecule has 2 rings (SSSR count). The van der Waals surface area contributed by atoms with Crippen molar-refractivity contribution in [3.63, 3.8) is 0 Å². The molecule has 0 aliphatic rings. The summed E-state index contributed by atoms with van der Waals surface area (Å²) in [6.07, 6.45) is 4.27. The standard InChI is InChI=1S/C23H33NO/c1-4-5-16-23(3,17-18-25)24(19-21-12-8-6-9-13-21)20(2)22-14-10-7-11-15-22/h6-15,20,25H,4-5,16-19H2,1-3H3/t20-,23+/m0/s1. The predicted octanol–water partition coefficient (Wildman–Crippen LogP) is 5.58. The maximum Gasteiger partial charge on any atom is 0.0448 e. The Morgan fingerprint density at radius 1 is 0.960 bits per heavy atom. The molecule has 0 saturated heterocycles. The van der Waals surface area contributed by atoms with Crippen LogP contribution in [0.2, 0.25) is 0 Å². The quantitative estimate of drug-likeness (QED) is 0.610. The van der Waals surface area contributed by atoms with E-state index in [9.17, 15) is 5.11 Å². The fraction of sp³-hybridized carbons (Fsp3) is 0.478. The van der Waals surface area contributed by atoms with E-state index in [1.165, 1.54) is 24.0 Å². The predicted molar refractivity (Wildman–Crippen MR) is 106 cm³/mol. The van der Waals surface area contributed by atoms with E-state index in [4.69, 9.17) is 0 Å². The Balaban J connectivity index is 2.35. The first-order valence-electron chi connectivity index (χ1n) is 9.57. The van der Waals surface area contributed by atoms with Gasteiger partial charge in [-0.05, 0) is 37.8 Å². The average molecular weight is 340 g/mol. The minimum atomic E-state index is -0.0180. The monoisotopic (exact) mass is 339 g/mol. The zero-order chi connectivity index (χ0) is 18.1. The molecular weight excluding hydrogens is 306 g/mol. The summed E-state index contributed by atoms with van der Waals surface area (Å²) in [6.45, 7) is 7.98. The van der Waals surface area contributed by atoms with Gasteiger partial charge in [-0.2, -0.15) is 0 Å². The van der Waals surface area contributed by atoms with Crippen molar-refractivity contribution in [2.45, 2.75) is 64.6 Å². The lowest BCUT2D eigenvalue weighted by atomic mass is 9.86. The summed E-state index contributed by atoms with van der Waals surface area (Å²) in [5.74, 6) is 0. The first kappa shape index (κ1) is 19.7. The van der Waals surface area contributed by atoms with Gasteiger partial charge in [-0.1, -0.05) is 80.4 Å². The van der Waals surface area contributed by atoms with Gasteiger partial charge in [-0.25, -0.2) is 0 Å². The molecule has 0 fully saturated rings. The van der Waals surface area contributed by atoms with E-state index >= 15 is 0 Å². The van der Waals surface area contributed by atoms with Crippen molar-refractivity contribution in [2.24, 2.45) is 0 Å². The van der Waals surface area contributed by atoms with E-state index < -0.39 is 0 Å². The van der Waals surface area contributed by atoms with E-state index in [1.54, 1.807) is 0 Å². The molecule has 0 radical (unpaired) electrons. The Labute approximate surface area is 153 Å². The van der Waals surface area contributed by atoms with Gasteiger partial charge in [-0.15, -0.1) is 0 Å². The number of aliphatic hydroxyl groups excluding tert-OH is 1. The topological polar surface area (TPSA) is 23.5 Å². The van der Waals surface area contributed by atoms with E-state index in [2.05, 4.69) is 86.3 Å². The summed E-state index contributed by atoms with van der Waals surface area (Å²) in [7, 11) is 0. The van der Waals surface area contributed by atoms with E-state index in [0.717, 1.165) is 19.4 Å². The van der Waals surface area contributed by atoms with Crippen LogP contribution >= 0.6 is 0 Å². The largest absolute Gasteiger partial charge is 0.396 e. The molecule has 2 aromatic rings. The van der Waals surface area contributed by atoms with Crippen molar-refractivity contribution in [1.82, 2.24) is 4.90 Å². The number of hydrogen-bond donors (Lipinski definition) is 1. The fourth-order valence-electron chi connectivity index (χ4n) is 3.70. The highest BCUT2D eigenvalue weighted by molar-refractivity contribution is 5.21. The van der Waals surface area contributed by atoms with Crippen LogP contribution in [0.25, 0.3) is 0 Å². The lowest BCUT2D eigenvalue weighted by molar-refractivity contribution is 0.0239. The number of hydrogen-bond acceptors (Lipinski definition) is 2. The molecule has 0 aliphatic carbocycles. The van der Waals surface area contributed by atoms with Gasteiger partial charge in [0.15, 0.2) is 0 Å². The fourth-order valence-corrected chi connectivity index (χ4v) is 3.70. The number of nitrogens with zero attached hydrogens (tertiary/aromatic N) is 1. The third-order valence-electron chi connectivity index (χ3n) is 5.36. The van der Waals surface area contributed by atoms with Crippen molar-refractivity contribution >= 4 is 0 Å². The molecule has 25 heavy (non-hydrogen) atoms. The van der Waals surface area contributed by atoms with Crippen molar-refractivity contribution in [1.29, 1.82) is 0 Å². The average Bonchev–Trinajstić information content (AvgIpc) is 2.65. The lowest BCUT2D eigenvalue weighted by Gasteiger charge is -2.45. The molecule has 0 amide bonds. The SMILES string of the molecule is CCCC[C@](C)(CCO)N(Cc1ccccc1)[C@@H](C)c1ccccc1. The zero-order valence-electron chi connectivity index (χ0n) is 16.0. The summed E-state index contributed by atoms with van der Waals surface area (Å²) < 4.78 is 0. The van der Waals surface area contributed by atoms with Gasteiger partial charge in [0.2, 0.25) is 0 Å².